The van der Waals surface area contributed by atoms with E-state index >= 15 is 0 Å². The van der Waals surface area contributed by atoms with E-state index in [1.807, 2.05) is 0 Å². The van der Waals surface area contributed by atoms with Crippen LogP contribution in [-0.4, -0.2) is 11.5 Å². The first-order chi connectivity index (χ1) is 8.19. The van der Waals surface area contributed by atoms with Gasteiger partial charge in [0.1, 0.15) is 5.82 Å². The SMILES string of the molecule is NCCCc1ncc(-c2cc(F)cc(Br)c2)o1. The lowest BCUT2D eigenvalue weighted by Crippen LogP contribution is -2.00. The fourth-order valence-corrected chi connectivity index (χ4v) is 1.97. The van der Waals surface area contributed by atoms with Crippen LogP contribution in [0.1, 0.15) is 12.3 Å². The molecule has 1 aromatic carbocycles. The third kappa shape index (κ3) is 3.14. The summed E-state index contributed by atoms with van der Waals surface area (Å²) in [6.45, 7) is 0.600. The first-order valence-electron chi connectivity index (χ1n) is 5.30. The molecule has 2 aromatic rings. The Bertz CT molecular complexity index is 493. The maximum absolute atomic E-state index is 13.2. The number of rotatable bonds is 4. The van der Waals surface area contributed by atoms with Crippen LogP contribution in [-0.2, 0) is 6.42 Å². The van der Waals surface area contributed by atoms with Gasteiger partial charge in [0.2, 0.25) is 0 Å². The van der Waals surface area contributed by atoms with Gasteiger partial charge in [-0.05, 0) is 31.2 Å². The third-order valence-corrected chi connectivity index (χ3v) is 2.75. The van der Waals surface area contributed by atoms with E-state index in [0.29, 0.717) is 34.7 Å². The van der Waals surface area contributed by atoms with Gasteiger partial charge in [-0.15, -0.1) is 0 Å². The van der Waals surface area contributed by atoms with Gasteiger partial charge in [-0.2, -0.15) is 0 Å². The van der Waals surface area contributed by atoms with Crippen molar-refractivity contribution in [1.82, 2.24) is 4.98 Å². The first kappa shape index (κ1) is 12.3. The van der Waals surface area contributed by atoms with E-state index in [-0.39, 0.29) is 5.82 Å². The molecule has 0 saturated carbocycles. The molecule has 2 N–H and O–H groups in total. The number of halogens is 2. The molecule has 0 bridgehead atoms. The first-order valence-corrected chi connectivity index (χ1v) is 6.09. The summed E-state index contributed by atoms with van der Waals surface area (Å²) in [6, 6.07) is 4.60. The average molecular weight is 299 g/mol. The molecule has 0 radical (unpaired) electrons. The Balaban J connectivity index is 2.24. The standard InChI is InChI=1S/C12H12BrFN2O/c13-9-4-8(5-10(14)6-9)11-7-16-12(17-11)2-1-3-15/h4-7H,1-3,15H2. The fraction of sp³-hybridized carbons (Fsp3) is 0.250. The summed E-state index contributed by atoms with van der Waals surface area (Å²) < 4.78 is 19.4. The minimum Gasteiger partial charge on any atom is -0.441 e. The van der Waals surface area contributed by atoms with Crippen molar-refractivity contribution < 1.29 is 8.81 Å². The molecule has 1 heterocycles. The minimum atomic E-state index is -0.311. The van der Waals surface area contributed by atoms with Crippen LogP contribution in [0.4, 0.5) is 4.39 Å². The molecule has 0 saturated heterocycles. The molecule has 1 aromatic heterocycles. The predicted molar refractivity (Wildman–Crippen MR) is 67.0 cm³/mol. The van der Waals surface area contributed by atoms with Crippen LogP contribution in [0.3, 0.4) is 0 Å². The second-order valence-corrected chi connectivity index (χ2v) is 4.58. The van der Waals surface area contributed by atoms with Gasteiger partial charge in [0.05, 0.1) is 6.20 Å². The topological polar surface area (TPSA) is 52.0 Å². The van der Waals surface area contributed by atoms with Gasteiger partial charge in [-0.1, -0.05) is 15.9 Å². The van der Waals surface area contributed by atoms with Crippen molar-refractivity contribution in [2.24, 2.45) is 5.73 Å². The number of hydrogen-bond acceptors (Lipinski definition) is 3. The molecule has 0 unspecified atom stereocenters. The highest BCUT2D eigenvalue weighted by molar-refractivity contribution is 9.10. The molecule has 0 spiro atoms. The van der Waals surface area contributed by atoms with E-state index < -0.39 is 0 Å². The Kier molecular flexibility index (Phi) is 3.91. The van der Waals surface area contributed by atoms with Crippen molar-refractivity contribution in [2.75, 3.05) is 6.54 Å². The summed E-state index contributed by atoms with van der Waals surface area (Å²) in [6.07, 6.45) is 3.13. The number of benzene rings is 1. The van der Waals surface area contributed by atoms with Crippen LogP contribution in [0.15, 0.2) is 33.3 Å². The molecule has 0 fully saturated rings. The van der Waals surface area contributed by atoms with Gasteiger partial charge in [0.25, 0.3) is 0 Å². The van der Waals surface area contributed by atoms with Crippen molar-refractivity contribution in [3.8, 4) is 11.3 Å². The number of aryl methyl sites for hydroxylation is 1. The van der Waals surface area contributed by atoms with Crippen LogP contribution in [0, 0.1) is 5.82 Å². The minimum absolute atomic E-state index is 0.311. The van der Waals surface area contributed by atoms with Gasteiger partial charge in [0.15, 0.2) is 11.7 Å². The van der Waals surface area contributed by atoms with Crippen LogP contribution in [0.5, 0.6) is 0 Å². The van der Waals surface area contributed by atoms with Crippen molar-refractivity contribution in [1.29, 1.82) is 0 Å². The number of oxazole rings is 1. The largest absolute Gasteiger partial charge is 0.441 e. The van der Waals surface area contributed by atoms with Crippen molar-refractivity contribution in [3.05, 3.63) is 40.6 Å². The number of nitrogens with zero attached hydrogens (tertiary/aromatic N) is 1. The molecule has 0 aliphatic rings. The van der Waals surface area contributed by atoms with E-state index in [2.05, 4.69) is 20.9 Å². The molecule has 90 valence electrons. The second kappa shape index (κ2) is 5.42. The summed E-state index contributed by atoms with van der Waals surface area (Å²) in [4.78, 5) is 4.13. The normalized spacial score (nSPS) is 10.8. The van der Waals surface area contributed by atoms with E-state index in [1.165, 1.54) is 12.1 Å². The van der Waals surface area contributed by atoms with Crippen LogP contribution in [0.2, 0.25) is 0 Å². The van der Waals surface area contributed by atoms with Gasteiger partial charge >= 0.3 is 0 Å². The summed E-state index contributed by atoms with van der Waals surface area (Å²) in [7, 11) is 0. The van der Waals surface area contributed by atoms with E-state index in [0.717, 1.165) is 6.42 Å². The summed E-state index contributed by atoms with van der Waals surface area (Å²) >= 11 is 3.24. The average Bonchev–Trinajstić information content (AvgIpc) is 2.73. The molecule has 0 aliphatic heterocycles. The lowest BCUT2D eigenvalue weighted by atomic mass is 10.2. The molecule has 17 heavy (non-hydrogen) atoms. The molecule has 0 atom stereocenters. The van der Waals surface area contributed by atoms with Gasteiger partial charge in [-0.3, -0.25) is 0 Å². The van der Waals surface area contributed by atoms with Crippen LogP contribution in [0.25, 0.3) is 11.3 Å². The lowest BCUT2D eigenvalue weighted by molar-refractivity contribution is 0.499. The van der Waals surface area contributed by atoms with Crippen LogP contribution < -0.4 is 5.73 Å². The molecule has 2 rings (SSSR count). The number of aromatic nitrogens is 1. The quantitative estimate of drug-likeness (QED) is 0.943. The number of hydrogen-bond donors (Lipinski definition) is 1. The fourth-order valence-electron chi connectivity index (χ4n) is 1.51. The highest BCUT2D eigenvalue weighted by Crippen LogP contribution is 2.25. The Morgan fingerprint density at radius 3 is 2.88 bits per heavy atom. The van der Waals surface area contributed by atoms with E-state index in [4.69, 9.17) is 10.2 Å². The molecule has 0 amide bonds. The molecule has 5 heteroatoms. The Hall–Kier alpha value is -1.20. The molecular formula is C12H12BrFN2O. The van der Waals surface area contributed by atoms with Gasteiger partial charge in [0, 0.05) is 16.5 Å². The summed E-state index contributed by atoms with van der Waals surface area (Å²) in [5, 5.41) is 0. The third-order valence-electron chi connectivity index (χ3n) is 2.30. The smallest absolute Gasteiger partial charge is 0.194 e. The summed E-state index contributed by atoms with van der Waals surface area (Å²) in [5.41, 5.74) is 6.08. The highest BCUT2D eigenvalue weighted by Gasteiger charge is 2.08. The lowest BCUT2D eigenvalue weighted by Gasteiger charge is -1.98. The zero-order valence-electron chi connectivity index (χ0n) is 9.12. The maximum Gasteiger partial charge on any atom is 0.194 e. The zero-order chi connectivity index (χ0) is 12.3. The van der Waals surface area contributed by atoms with E-state index in [1.54, 1.807) is 12.3 Å². The zero-order valence-corrected chi connectivity index (χ0v) is 10.7. The Morgan fingerprint density at radius 1 is 1.35 bits per heavy atom. The second-order valence-electron chi connectivity index (χ2n) is 3.67. The van der Waals surface area contributed by atoms with Crippen molar-refractivity contribution >= 4 is 15.9 Å². The predicted octanol–water partition coefficient (Wildman–Crippen LogP) is 3.13. The molecule has 3 nitrogen and oxygen atoms in total. The Labute approximate surface area is 107 Å². The summed E-state index contributed by atoms with van der Waals surface area (Å²) in [5.74, 6) is 0.886. The van der Waals surface area contributed by atoms with Gasteiger partial charge in [-0.25, -0.2) is 9.37 Å². The van der Waals surface area contributed by atoms with E-state index in [9.17, 15) is 4.39 Å². The maximum atomic E-state index is 13.2. The molecule has 0 aliphatic carbocycles. The Morgan fingerprint density at radius 2 is 2.18 bits per heavy atom. The molecular weight excluding hydrogens is 287 g/mol. The monoisotopic (exact) mass is 298 g/mol. The van der Waals surface area contributed by atoms with Crippen LogP contribution >= 0.6 is 15.9 Å². The number of nitrogens with two attached hydrogens (primary N) is 1. The van der Waals surface area contributed by atoms with Crippen molar-refractivity contribution in [2.45, 2.75) is 12.8 Å². The highest BCUT2D eigenvalue weighted by atomic mass is 79.9. The van der Waals surface area contributed by atoms with Crippen molar-refractivity contribution in [3.63, 3.8) is 0 Å². The van der Waals surface area contributed by atoms with Gasteiger partial charge < -0.3 is 10.2 Å².